The molecule has 3 heteroatoms. The number of aromatic nitrogens is 1. The first-order chi connectivity index (χ1) is 15.3. The number of rotatable bonds is 5. The molecule has 3 nitrogen and oxygen atoms in total. The minimum atomic E-state index is 0. The van der Waals surface area contributed by atoms with E-state index >= 15 is 0 Å². The van der Waals surface area contributed by atoms with E-state index in [4.69, 9.17) is 0 Å². The maximum absolute atomic E-state index is 12.4. The topological polar surface area (TPSA) is 42.0 Å². The number of benzene rings is 2. The molecule has 173 valence electrons. The second-order valence-corrected chi connectivity index (χ2v) is 8.74. The zero-order valence-corrected chi connectivity index (χ0v) is 19.8. The van der Waals surface area contributed by atoms with Crippen LogP contribution in [0.2, 0.25) is 0 Å². The Morgan fingerprint density at radius 3 is 2.15 bits per heavy atom. The van der Waals surface area contributed by atoms with Gasteiger partial charge < -0.3 is 5.32 Å². The summed E-state index contributed by atoms with van der Waals surface area (Å²) in [5, 5.41) is 4.02. The van der Waals surface area contributed by atoms with Crippen LogP contribution in [-0.4, -0.2) is 10.9 Å². The smallest absolute Gasteiger partial charge is 0.224 e. The zero-order chi connectivity index (χ0) is 21.3. The number of aryl methyl sites for hydroxylation is 1. The summed E-state index contributed by atoms with van der Waals surface area (Å²) < 4.78 is 0. The van der Waals surface area contributed by atoms with E-state index in [1.54, 1.807) is 12.1 Å². The molecule has 0 atom stereocenters. The van der Waals surface area contributed by atoms with Crippen molar-refractivity contribution >= 4 is 22.5 Å². The summed E-state index contributed by atoms with van der Waals surface area (Å²) >= 11 is 0. The number of pyridine rings is 1. The molecule has 1 aliphatic carbocycles. The van der Waals surface area contributed by atoms with Crippen LogP contribution in [0.4, 0.5) is 5.69 Å². The quantitative estimate of drug-likeness (QED) is 0.437. The Hall–Kier alpha value is -2.68. The molecule has 0 unspecified atom stereocenters. The summed E-state index contributed by atoms with van der Waals surface area (Å²) in [6.45, 7) is 0. The van der Waals surface area contributed by atoms with Crippen LogP contribution in [0.25, 0.3) is 10.9 Å². The van der Waals surface area contributed by atoms with Crippen molar-refractivity contribution in [3.05, 3.63) is 92.7 Å². The van der Waals surface area contributed by atoms with Crippen LogP contribution in [0.5, 0.6) is 0 Å². The molecule has 1 aliphatic rings. The maximum atomic E-state index is 12.4. The van der Waals surface area contributed by atoms with Gasteiger partial charge in [0.15, 0.2) is 0 Å². The number of hydrogen-bond acceptors (Lipinski definition) is 2. The minimum absolute atomic E-state index is 0. The Bertz CT molecular complexity index is 970. The number of hydrogen-bond donors (Lipinski definition) is 1. The predicted molar refractivity (Wildman–Crippen MR) is 140 cm³/mol. The van der Waals surface area contributed by atoms with E-state index in [9.17, 15) is 4.79 Å². The van der Waals surface area contributed by atoms with Crippen molar-refractivity contribution in [2.75, 3.05) is 5.32 Å². The predicted octanol–water partition coefficient (Wildman–Crippen LogP) is 7.91. The van der Waals surface area contributed by atoms with Crippen molar-refractivity contribution in [2.45, 2.75) is 70.6 Å². The Morgan fingerprint density at radius 2 is 1.45 bits per heavy atom. The third-order valence-corrected chi connectivity index (χ3v) is 6.33. The average molecular weight is 442 g/mol. The highest BCUT2D eigenvalue weighted by atomic mass is 16.1. The van der Waals surface area contributed by atoms with Crippen LogP contribution >= 0.6 is 0 Å². The van der Waals surface area contributed by atoms with Gasteiger partial charge in [-0.05, 0) is 42.5 Å². The van der Waals surface area contributed by atoms with Crippen molar-refractivity contribution in [1.29, 1.82) is 0 Å². The van der Waals surface area contributed by atoms with Crippen molar-refractivity contribution in [3.63, 3.8) is 0 Å². The highest BCUT2D eigenvalue weighted by molar-refractivity contribution is 5.93. The number of para-hydroxylation sites is 1. The van der Waals surface area contributed by atoms with Gasteiger partial charge in [0.2, 0.25) is 5.91 Å². The minimum Gasteiger partial charge on any atom is -0.325 e. The monoisotopic (exact) mass is 441 g/mol. The summed E-state index contributed by atoms with van der Waals surface area (Å²) in [5.74, 6) is 1.65. The molecule has 1 amide bonds. The number of amides is 1. The van der Waals surface area contributed by atoms with Gasteiger partial charge in [-0.3, -0.25) is 9.78 Å². The molecular formula is C30H37N2O. The number of anilines is 1. The second kappa shape index (κ2) is 13.8. The van der Waals surface area contributed by atoms with Gasteiger partial charge in [-0.2, -0.15) is 0 Å². The first-order valence-corrected chi connectivity index (χ1v) is 11.9. The normalized spacial score (nSPS) is 15.2. The SMILES string of the molecule is O=C(CCc1ccc([C]2CCCCCCCCC2)cc1)Nc1cnc2ccccc2c1.[CH2].[CH2]. The lowest BCUT2D eigenvalue weighted by Gasteiger charge is -2.18. The Balaban J connectivity index is 0.00000193. The molecule has 0 saturated heterocycles. The van der Waals surface area contributed by atoms with Gasteiger partial charge in [0.05, 0.1) is 17.4 Å². The Morgan fingerprint density at radius 1 is 0.818 bits per heavy atom. The first-order valence-electron chi connectivity index (χ1n) is 11.9. The van der Waals surface area contributed by atoms with Crippen LogP contribution in [0.3, 0.4) is 0 Å². The molecule has 1 N–H and O–H groups in total. The van der Waals surface area contributed by atoms with Gasteiger partial charge in [0.1, 0.15) is 0 Å². The lowest BCUT2D eigenvalue weighted by molar-refractivity contribution is -0.116. The maximum Gasteiger partial charge on any atom is 0.224 e. The van der Waals surface area contributed by atoms with Crippen LogP contribution < -0.4 is 5.32 Å². The molecule has 4 rings (SSSR count). The van der Waals surface area contributed by atoms with Gasteiger partial charge >= 0.3 is 0 Å². The van der Waals surface area contributed by atoms with E-state index in [1.807, 2.05) is 30.3 Å². The van der Waals surface area contributed by atoms with Crippen LogP contribution in [-0.2, 0) is 11.2 Å². The van der Waals surface area contributed by atoms with Crippen LogP contribution in [0.15, 0.2) is 60.8 Å². The van der Waals surface area contributed by atoms with E-state index < -0.39 is 0 Å². The van der Waals surface area contributed by atoms with E-state index in [2.05, 4.69) is 34.6 Å². The van der Waals surface area contributed by atoms with Gasteiger partial charge in [0.25, 0.3) is 0 Å². The summed E-state index contributed by atoms with van der Waals surface area (Å²) in [4.78, 5) is 16.8. The standard InChI is InChI=1S/C28H33N2O.2CH2/c31-28(30-26-20-25-12-8-9-13-27(25)29-21-26)19-16-22-14-17-24(18-15-22)23-10-6-4-2-1-3-5-7-11-23;;/h8-9,12-15,17-18,20-21H,1-7,10-11,16,19H2,(H,30,31);2*1H2. The molecule has 1 fully saturated rings. The fraction of sp³-hybridized carbons (Fsp3) is 0.367. The van der Waals surface area contributed by atoms with E-state index in [1.165, 1.54) is 68.9 Å². The zero-order valence-electron chi connectivity index (χ0n) is 19.8. The summed E-state index contributed by atoms with van der Waals surface area (Å²) in [6.07, 6.45) is 15.0. The van der Waals surface area contributed by atoms with Crippen molar-refractivity contribution in [2.24, 2.45) is 0 Å². The van der Waals surface area contributed by atoms with Gasteiger partial charge in [-0.15, -0.1) is 0 Å². The highest BCUT2D eigenvalue weighted by Gasteiger charge is 2.13. The van der Waals surface area contributed by atoms with E-state index in [0.29, 0.717) is 6.42 Å². The van der Waals surface area contributed by atoms with E-state index in [0.717, 1.165) is 23.0 Å². The molecule has 1 heterocycles. The van der Waals surface area contributed by atoms with Gasteiger partial charge in [-0.25, -0.2) is 0 Å². The number of carbonyl (C=O) groups is 1. The van der Waals surface area contributed by atoms with Crippen LogP contribution in [0.1, 0.15) is 75.3 Å². The van der Waals surface area contributed by atoms with Crippen molar-refractivity contribution in [3.8, 4) is 0 Å². The summed E-state index contributed by atoms with van der Waals surface area (Å²) in [5.41, 5.74) is 4.31. The molecule has 5 radical (unpaired) electrons. The molecule has 0 aliphatic heterocycles. The fourth-order valence-electron chi connectivity index (χ4n) is 4.50. The third-order valence-electron chi connectivity index (χ3n) is 6.33. The molecule has 0 bridgehead atoms. The molecular weight excluding hydrogens is 404 g/mol. The third kappa shape index (κ3) is 7.99. The molecule has 33 heavy (non-hydrogen) atoms. The average Bonchev–Trinajstić information content (AvgIpc) is 2.81. The summed E-state index contributed by atoms with van der Waals surface area (Å²) in [6, 6.07) is 18.8. The molecule has 1 saturated carbocycles. The number of nitrogens with zero attached hydrogens (tertiary/aromatic N) is 1. The van der Waals surface area contributed by atoms with Crippen molar-refractivity contribution < 1.29 is 4.79 Å². The molecule has 3 aromatic rings. The summed E-state index contributed by atoms with van der Waals surface area (Å²) in [7, 11) is 0. The molecule has 1 aromatic heterocycles. The molecule has 0 spiro atoms. The van der Waals surface area contributed by atoms with Gasteiger partial charge in [-0.1, -0.05) is 102 Å². The lowest BCUT2D eigenvalue weighted by atomic mass is 9.86. The first kappa shape index (κ1) is 26.6. The van der Waals surface area contributed by atoms with E-state index in [-0.39, 0.29) is 20.8 Å². The number of carbonyl (C=O) groups excluding carboxylic acids is 1. The Kier molecular flexibility index (Phi) is 11.1. The number of fused-ring (bicyclic) bond motifs is 1. The highest BCUT2D eigenvalue weighted by Crippen LogP contribution is 2.29. The van der Waals surface area contributed by atoms with Gasteiger partial charge in [0, 0.05) is 17.7 Å². The van der Waals surface area contributed by atoms with Crippen molar-refractivity contribution in [1.82, 2.24) is 4.98 Å². The van der Waals surface area contributed by atoms with Crippen LogP contribution in [0, 0.1) is 20.8 Å². The lowest BCUT2D eigenvalue weighted by Crippen LogP contribution is -2.12. The Labute approximate surface area is 201 Å². The fourth-order valence-corrected chi connectivity index (χ4v) is 4.50. The second-order valence-electron chi connectivity index (χ2n) is 8.74. The molecule has 2 aromatic carbocycles. The number of nitrogens with one attached hydrogen (secondary N) is 1. The largest absolute Gasteiger partial charge is 0.325 e.